The van der Waals surface area contributed by atoms with Crippen molar-refractivity contribution in [2.45, 2.75) is 44.4 Å². The Morgan fingerprint density at radius 3 is 2.43 bits per heavy atom. The van der Waals surface area contributed by atoms with Crippen molar-refractivity contribution in [3.05, 3.63) is 64.7 Å². The summed E-state index contributed by atoms with van der Waals surface area (Å²) in [7, 11) is -3.80. The summed E-state index contributed by atoms with van der Waals surface area (Å²) >= 11 is 6.10. The zero-order valence-electron chi connectivity index (χ0n) is 16.0. The number of phenolic OH excluding ortho intramolecular Hbond substituents is 1. The summed E-state index contributed by atoms with van der Waals surface area (Å²) in [6, 6.07) is 13.9. The predicted octanol–water partition coefficient (Wildman–Crippen LogP) is 6.04. The van der Waals surface area contributed by atoms with Gasteiger partial charge in [0.2, 0.25) is 0 Å². The number of anilines is 1. The molecule has 0 amide bonds. The molecule has 0 unspecified atom stereocenters. The SMILES string of the molecule is CCCCCc1ccc(S(=O)(=O)Nc2cc(Cl)c(O)c3ccccc23)c(C)c1. The van der Waals surface area contributed by atoms with Gasteiger partial charge in [-0.25, -0.2) is 8.42 Å². The van der Waals surface area contributed by atoms with Crippen LogP contribution < -0.4 is 4.72 Å². The van der Waals surface area contributed by atoms with Gasteiger partial charge in [-0.3, -0.25) is 4.72 Å². The third kappa shape index (κ3) is 4.26. The second-order valence-electron chi connectivity index (χ2n) is 6.96. The minimum atomic E-state index is -3.80. The fourth-order valence-corrected chi connectivity index (χ4v) is 4.87. The van der Waals surface area contributed by atoms with Crippen LogP contribution >= 0.6 is 11.6 Å². The van der Waals surface area contributed by atoms with Gasteiger partial charge >= 0.3 is 0 Å². The van der Waals surface area contributed by atoms with Crippen LogP contribution in [0.1, 0.15) is 37.3 Å². The van der Waals surface area contributed by atoms with E-state index in [9.17, 15) is 13.5 Å². The topological polar surface area (TPSA) is 66.4 Å². The van der Waals surface area contributed by atoms with Crippen LogP contribution in [0.4, 0.5) is 5.69 Å². The summed E-state index contributed by atoms with van der Waals surface area (Å²) in [4.78, 5) is 0.236. The molecule has 0 aliphatic carbocycles. The first-order valence-electron chi connectivity index (χ1n) is 9.36. The van der Waals surface area contributed by atoms with E-state index in [4.69, 9.17) is 11.6 Å². The van der Waals surface area contributed by atoms with Gasteiger partial charge in [-0.15, -0.1) is 0 Å². The minimum absolute atomic E-state index is 0.0622. The van der Waals surface area contributed by atoms with Crippen molar-refractivity contribution in [1.82, 2.24) is 0 Å². The molecule has 0 spiro atoms. The summed E-state index contributed by atoms with van der Waals surface area (Å²) in [5, 5.41) is 11.3. The van der Waals surface area contributed by atoms with Gasteiger partial charge in [0.1, 0.15) is 5.75 Å². The van der Waals surface area contributed by atoms with Crippen LogP contribution in [0.5, 0.6) is 5.75 Å². The highest BCUT2D eigenvalue weighted by molar-refractivity contribution is 7.92. The predicted molar refractivity (Wildman–Crippen MR) is 116 cm³/mol. The number of nitrogens with one attached hydrogen (secondary N) is 1. The molecule has 0 bridgehead atoms. The maximum Gasteiger partial charge on any atom is 0.262 e. The normalized spacial score (nSPS) is 11.7. The van der Waals surface area contributed by atoms with Crippen molar-refractivity contribution < 1.29 is 13.5 Å². The number of unbranched alkanes of at least 4 members (excludes halogenated alkanes) is 2. The van der Waals surface area contributed by atoms with Crippen molar-refractivity contribution in [3.8, 4) is 5.75 Å². The number of benzene rings is 3. The monoisotopic (exact) mass is 417 g/mol. The molecule has 0 saturated heterocycles. The lowest BCUT2D eigenvalue weighted by Crippen LogP contribution is -2.14. The highest BCUT2D eigenvalue weighted by atomic mass is 35.5. The third-order valence-corrected chi connectivity index (χ3v) is 6.63. The van der Waals surface area contributed by atoms with E-state index in [-0.39, 0.29) is 15.7 Å². The molecule has 0 heterocycles. The molecule has 2 N–H and O–H groups in total. The Labute approximate surface area is 171 Å². The van der Waals surface area contributed by atoms with E-state index in [1.54, 1.807) is 37.3 Å². The Bertz CT molecular complexity index is 1110. The first kappa shape index (κ1) is 20.5. The van der Waals surface area contributed by atoms with Gasteiger partial charge in [0.05, 0.1) is 15.6 Å². The molecule has 148 valence electrons. The first-order valence-corrected chi connectivity index (χ1v) is 11.2. The Hall–Kier alpha value is -2.24. The minimum Gasteiger partial charge on any atom is -0.506 e. The number of fused-ring (bicyclic) bond motifs is 1. The molecular formula is C22H24ClNO3S. The van der Waals surface area contributed by atoms with Gasteiger partial charge < -0.3 is 5.11 Å². The van der Waals surface area contributed by atoms with Gasteiger partial charge in [0.25, 0.3) is 10.0 Å². The quantitative estimate of drug-likeness (QED) is 0.363. The van der Waals surface area contributed by atoms with Crippen LogP contribution in [-0.2, 0) is 16.4 Å². The zero-order valence-corrected chi connectivity index (χ0v) is 17.6. The van der Waals surface area contributed by atoms with Gasteiger partial charge in [0, 0.05) is 10.8 Å². The Morgan fingerprint density at radius 1 is 1.04 bits per heavy atom. The molecule has 0 aliphatic heterocycles. The standard InChI is InChI=1S/C22H24ClNO3S/c1-3-4-5-8-16-11-12-21(15(2)13-16)28(26,27)24-20-14-19(23)22(25)18-10-7-6-9-17(18)20/h6-7,9-14,24-25H,3-5,8H2,1-2H3. The van der Waals surface area contributed by atoms with Crippen LogP contribution in [0.25, 0.3) is 10.8 Å². The van der Waals surface area contributed by atoms with E-state index in [0.717, 1.165) is 31.2 Å². The Balaban J connectivity index is 1.95. The summed E-state index contributed by atoms with van der Waals surface area (Å²) in [5.41, 5.74) is 2.18. The second-order valence-corrected chi connectivity index (χ2v) is 9.02. The van der Waals surface area contributed by atoms with Crippen molar-refractivity contribution >= 4 is 38.1 Å². The van der Waals surface area contributed by atoms with E-state index in [1.165, 1.54) is 6.07 Å². The van der Waals surface area contributed by atoms with Crippen molar-refractivity contribution in [3.63, 3.8) is 0 Å². The van der Waals surface area contributed by atoms with E-state index in [2.05, 4.69) is 11.6 Å². The molecule has 0 radical (unpaired) electrons. The van der Waals surface area contributed by atoms with Gasteiger partial charge in [-0.2, -0.15) is 0 Å². The summed E-state index contributed by atoms with van der Waals surface area (Å²) in [6.07, 6.45) is 4.35. The molecule has 3 aromatic rings. The summed E-state index contributed by atoms with van der Waals surface area (Å²) in [5.74, 6) is -0.0622. The lowest BCUT2D eigenvalue weighted by molar-refractivity contribution is 0.482. The molecular weight excluding hydrogens is 394 g/mol. The second kappa shape index (κ2) is 8.41. The number of aromatic hydroxyl groups is 1. The smallest absolute Gasteiger partial charge is 0.262 e. The van der Waals surface area contributed by atoms with Crippen LogP contribution in [0.15, 0.2) is 53.4 Å². The van der Waals surface area contributed by atoms with E-state index in [0.29, 0.717) is 22.0 Å². The lowest BCUT2D eigenvalue weighted by Gasteiger charge is -2.15. The maximum atomic E-state index is 13.0. The molecule has 6 heteroatoms. The molecule has 3 aromatic carbocycles. The zero-order chi connectivity index (χ0) is 20.3. The van der Waals surface area contributed by atoms with Crippen molar-refractivity contribution in [2.24, 2.45) is 0 Å². The van der Waals surface area contributed by atoms with Crippen molar-refractivity contribution in [1.29, 1.82) is 0 Å². The fourth-order valence-electron chi connectivity index (χ4n) is 3.36. The average molecular weight is 418 g/mol. The summed E-state index contributed by atoms with van der Waals surface area (Å²) in [6.45, 7) is 3.96. The third-order valence-electron chi connectivity index (χ3n) is 4.81. The van der Waals surface area contributed by atoms with E-state index < -0.39 is 10.0 Å². The van der Waals surface area contributed by atoms with Gasteiger partial charge in [-0.1, -0.05) is 67.8 Å². The molecule has 0 aromatic heterocycles. The molecule has 28 heavy (non-hydrogen) atoms. The molecule has 4 nitrogen and oxygen atoms in total. The maximum absolute atomic E-state index is 13.0. The fraction of sp³-hybridized carbons (Fsp3) is 0.273. The molecule has 0 fully saturated rings. The number of rotatable bonds is 7. The highest BCUT2D eigenvalue weighted by Gasteiger charge is 2.20. The van der Waals surface area contributed by atoms with Crippen LogP contribution in [-0.4, -0.2) is 13.5 Å². The first-order chi connectivity index (χ1) is 13.3. The number of phenols is 1. The molecule has 0 saturated carbocycles. The number of sulfonamides is 1. The number of halogens is 1. The molecule has 3 rings (SSSR count). The van der Waals surface area contributed by atoms with Gasteiger partial charge in [-0.05, 0) is 43.0 Å². The highest BCUT2D eigenvalue weighted by Crippen LogP contribution is 2.38. The summed E-state index contributed by atoms with van der Waals surface area (Å²) < 4.78 is 28.7. The van der Waals surface area contributed by atoms with E-state index >= 15 is 0 Å². The molecule has 0 aliphatic rings. The van der Waals surface area contributed by atoms with Gasteiger partial charge in [0.15, 0.2) is 0 Å². The average Bonchev–Trinajstić information content (AvgIpc) is 2.66. The van der Waals surface area contributed by atoms with Crippen molar-refractivity contribution in [2.75, 3.05) is 4.72 Å². The number of hydrogen-bond donors (Lipinski definition) is 2. The molecule has 0 atom stereocenters. The Morgan fingerprint density at radius 2 is 1.75 bits per heavy atom. The van der Waals surface area contributed by atoms with Crippen LogP contribution in [0.3, 0.4) is 0 Å². The number of hydrogen-bond acceptors (Lipinski definition) is 3. The lowest BCUT2D eigenvalue weighted by atomic mass is 10.1. The van der Waals surface area contributed by atoms with Crippen LogP contribution in [0, 0.1) is 6.92 Å². The van der Waals surface area contributed by atoms with Crippen LogP contribution in [0.2, 0.25) is 5.02 Å². The largest absolute Gasteiger partial charge is 0.506 e. The Kier molecular flexibility index (Phi) is 6.16. The van der Waals surface area contributed by atoms with E-state index in [1.807, 2.05) is 12.1 Å². The number of aryl methyl sites for hydroxylation is 2.